The predicted molar refractivity (Wildman–Crippen MR) is 122 cm³/mol. The van der Waals surface area contributed by atoms with Gasteiger partial charge in [-0.1, -0.05) is 26.0 Å². The van der Waals surface area contributed by atoms with Gasteiger partial charge >= 0.3 is 0 Å². The first-order valence-corrected chi connectivity index (χ1v) is 10.7. The largest absolute Gasteiger partial charge is 0.497 e. The fraction of sp³-hybridized carbons (Fsp3) is 0.320. The van der Waals surface area contributed by atoms with Gasteiger partial charge in [0.15, 0.2) is 11.6 Å². The first-order chi connectivity index (χ1) is 15.4. The van der Waals surface area contributed by atoms with Crippen LogP contribution in [0.2, 0.25) is 0 Å². The van der Waals surface area contributed by atoms with Crippen molar-refractivity contribution in [2.75, 3.05) is 19.5 Å². The summed E-state index contributed by atoms with van der Waals surface area (Å²) in [5, 5.41) is 8.24. The van der Waals surface area contributed by atoms with Crippen LogP contribution in [0.1, 0.15) is 38.3 Å². The molecule has 2 aromatic carbocycles. The molecule has 0 bridgehead atoms. The number of anilines is 1. The Morgan fingerprint density at radius 2 is 1.78 bits per heavy atom. The highest BCUT2D eigenvalue weighted by atomic mass is 16.5. The fourth-order valence-electron chi connectivity index (χ4n) is 4.59. The lowest BCUT2D eigenvalue weighted by Crippen LogP contribution is -2.36. The van der Waals surface area contributed by atoms with Crippen molar-refractivity contribution in [3.63, 3.8) is 0 Å². The van der Waals surface area contributed by atoms with Gasteiger partial charge < -0.3 is 14.8 Å². The highest BCUT2D eigenvalue weighted by molar-refractivity contribution is 6.00. The molecule has 0 saturated carbocycles. The van der Waals surface area contributed by atoms with Crippen molar-refractivity contribution < 1.29 is 14.3 Å². The summed E-state index contributed by atoms with van der Waals surface area (Å²) in [5.74, 6) is 2.88. The Kier molecular flexibility index (Phi) is 4.77. The van der Waals surface area contributed by atoms with Crippen LogP contribution in [-0.2, 0) is 4.79 Å². The average Bonchev–Trinajstić information content (AvgIpc) is 3.20. The van der Waals surface area contributed by atoms with E-state index in [-0.39, 0.29) is 17.2 Å². The number of allylic oxidation sites excluding steroid dienone is 2. The van der Waals surface area contributed by atoms with Crippen LogP contribution < -0.4 is 14.8 Å². The molecule has 7 heteroatoms. The van der Waals surface area contributed by atoms with Gasteiger partial charge in [0.2, 0.25) is 5.95 Å². The molecular weight excluding hydrogens is 404 g/mol. The van der Waals surface area contributed by atoms with Crippen molar-refractivity contribution in [1.82, 2.24) is 14.8 Å². The highest BCUT2D eigenvalue weighted by Gasteiger charge is 2.42. The number of carbonyl (C=O) groups excluding carboxylic acids is 1. The Bertz CT molecular complexity index is 1220. The number of ketones is 1. The molecule has 0 spiro atoms. The second kappa shape index (κ2) is 7.51. The molecule has 1 aliphatic carbocycles. The van der Waals surface area contributed by atoms with Gasteiger partial charge in [-0.25, -0.2) is 4.68 Å². The van der Waals surface area contributed by atoms with Crippen LogP contribution in [0.5, 0.6) is 11.5 Å². The van der Waals surface area contributed by atoms with Crippen molar-refractivity contribution in [3.8, 4) is 22.9 Å². The molecule has 7 nitrogen and oxygen atoms in total. The monoisotopic (exact) mass is 430 g/mol. The minimum Gasteiger partial charge on any atom is -0.497 e. The van der Waals surface area contributed by atoms with E-state index in [1.807, 2.05) is 53.2 Å². The number of rotatable bonds is 4. The van der Waals surface area contributed by atoms with Crippen LogP contribution in [0.15, 0.2) is 59.8 Å². The minimum absolute atomic E-state index is 0.108. The first kappa shape index (κ1) is 20.3. The Morgan fingerprint density at radius 3 is 2.50 bits per heavy atom. The quantitative estimate of drug-likeness (QED) is 0.651. The number of Topliss-reactive ketones (excluding diaryl/α,β-unsaturated/α-hetero) is 1. The standard InChI is InChI=1S/C25H26N4O3/c1-25(2)13-19-21(20(30)14-25)22(16-6-5-7-18(12-16)32-4)29-24(26-19)27-23(28-29)15-8-10-17(31-3)11-9-15/h5-12,22H,13-14H2,1-4H3,(H,26,27,28)/t22-/m1/s1. The van der Waals surface area contributed by atoms with Crippen LogP contribution >= 0.6 is 0 Å². The molecule has 164 valence electrons. The smallest absolute Gasteiger partial charge is 0.226 e. The molecule has 0 fully saturated rings. The average molecular weight is 431 g/mol. The van der Waals surface area contributed by atoms with E-state index in [9.17, 15) is 4.79 Å². The molecule has 1 aromatic heterocycles. The third kappa shape index (κ3) is 3.43. The molecule has 1 aliphatic heterocycles. The predicted octanol–water partition coefficient (Wildman–Crippen LogP) is 4.62. The van der Waals surface area contributed by atoms with E-state index in [2.05, 4.69) is 19.2 Å². The van der Waals surface area contributed by atoms with Gasteiger partial charge in [-0.3, -0.25) is 4.79 Å². The van der Waals surface area contributed by atoms with E-state index in [1.165, 1.54) is 0 Å². The number of hydrogen-bond acceptors (Lipinski definition) is 6. The molecule has 5 rings (SSSR count). The molecule has 0 radical (unpaired) electrons. The number of benzene rings is 2. The molecule has 0 saturated heterocycles. The highest BCUT2D eigenvalue weighted by Crippen LogP contribution is 2.46. The van der Waals surface area contributed by atoms with E-state index >= 15 is 0 Å². The second-order valence-corrected chi connectivity index (χ2v) is 9.07. The number of nitrogens with zero attached hydrogens (tertiary/aromatic N) is 3. The van der Waals surface area contributed by atoms with Crippen LogP contribution in [0.4, 0.5) is 5.95 Å². The lowest BCUT2D eigenvalue weighted by Gasteiger charge is -2.38. The number of ether oxygens (including phenoxy) is 2. The van der Waals surface area contributed by atoms with Crippen LogP contribution in [0.3, 0.4) is 0 Å². The van der Waals surface area contributed by atoms with Gasteiger partial charge in [0, 0.05) is 23.3 Å². The lowest BCUT2D eigenvalue weighted by molar-refractivity contribution is -0.118. The zero-order valence-corrected chi connectivity index (χ0v) is 18.7. The lowest BCUT2D eigenvalue weighted by atomic mass is 9.73. The normalized spacial score (nSPS) is 19.1. The molecule has 2 heterocycles. The van der Waals surface area contributed by atoms with Gasteiger partial charge in [0.05, 0.1) is 14.2 Å². The Morgan fingerprint density at radius 1 is 1.03 bits per heavy atom. The third-order valence-corrected chi connectivity index (χ3v) is 6.09. The van der Waals surface area contributed by atoms with E-state index in [0.29, 0.717) is 18.2 Å². The summed E-state index contributed by atoms with van der Waals surface area (Å²) < 4.78 is 12.5. The van der Waals surface area contributed by atoms with E-state index in [0.717, 1.165) is 40.3 Å². The Balaban J connectivity index is 1.65. The van der Waals surface area contributed by atoms with Crippen LogP contribution in [-0.4, -0.2) is 34.8 Å². The second-order valence-electron chi connectivity index (χ2n) is 9.07. The molecule has 1 atom stereocenters. The third-order valence-electron chi connectivity index (χ3n) is 6.09. The van der Waals surface area contributed by atoms with Crippen molar-refractivity contribution in [2.24, 2.45) is 5.41 Å². The van der Waals surface area contributed by atoms with Gasteiger partial charge in [-0.15, -0.1) is 5.10 Å². The topological polar surface area (TPSA) is 78.3 Å². The number of fused-ring (bicyclic) bond motifs is 1. The molecule has 3 aromatic rings. The van der Waals surface area contributed by atoms with Gasteiger partial charge in [0.1, 0.15) is 17.5 Å². The van der Waals surface area contributed by atoms with Crippen molar-refractivity contribution in [3.05, 3.63) is 65.4 Å². The van der Waals surface area contributed by atoms with Crippen LogP contribution in [0.25, 0.3) is 11.4 Å². The van der Waals surface area contributed by atoms with Gasteiger partial charge in [0.25, 0.3) is 0 Å². The number of aromatic nitrogens is 3. The Labute approximate surface area is 187 Å². The fourth-order valence-corrected chi connectivity index (χ4v) is 4.59. The molecule has 1 N–H and O–H groups in total. The summed E-state index contributed by atoms with van der Waals surface area (Å²) in [5.41, 5.74) is 3.40. The maximum atomic E-state index is 13.3. The van der Waals surface area contributed by atoms with E-state index < -0.39 is 0 Å². The molecule has 0 unspecified atom stereocenters. The summed E-state index contributed by atoms with van der Waals surface area (Å²) in [6.45, 7) is 4.25. The molecule has 0 amide bonds. The number of carbonyl (C=O) groups is 1. The Hall–Kier alpha value is -3.61. The van der Waals surface area contributed by atoms with Crippen molar-refractivity contribution in [1.29, 1.82) is 0 Å². The SMILES string of the molecule is COc1ccc(-c2nc3n(n2)[C@H](c2cccc(OC)c2)C2=C(CC(C)(C)CC2=O)N3)cc1. The first-order valence-electron chi connectivity index (χ1n) is 10.7. The molecule has 2 aliphatic rings. The van der Waals surface area contributed by atoms with Gasteiger partial charge in [-0.2, -0.15) is 4.98 Å². The van der Waals surface area contributed by atoms with Gasteiger partial charge in [-0.05, 0) is 53.8 Å². The summed E-state index contributed by atoms with van der Waals surface area (Å²) in [6, 6.07) is 15.1. The summed E-state index contributed by atoms with van der Waals surface area (Å²) in [4.78, 5) is 18.1. The maximum absolute atomic E-state index is 13.3. The van der Waals surface area contributed by atoms with Crippen molar-refractivity contribution >= 4 is 11.7 Å². The zero-order chi connectivity index (χ0) is 22.5. The maximum Gasteiger partial charge on any atom is 0.226 e. The molecular formula is C25H26N4O3. The van der Waals surface area contributed by atoms with E-state index in [4.69, 9.17) is 19.6 Å². The van der Waals surface area contributed by atoms with Crippen molar-refractivity contribution in [2.45, 2.75) is 32.7 Å². The summed E-state index contributed by atoms with van der Waals surface area (Å²) in [7, 11) is 3.28. The summed E-state index contributed by atoms with van der Waals surface area (Å²) in [6.07, 6.45) is 1.28. The number of hydrogen-bond donors (Lipinski definition) is 1. The van der Waals surface area contributed by atoms with E-state index in [1.54, 1.807) is 14.2 Å². The summed E-state index contributed by atoms with van der Waals surface area (Å²) >= 11 is 0. The van der Waals surface area contributed by atoms with Crippen LogP contribution in [0, 0.1) is 5.41 Å². The number of methoxy groups -OCH3 is 2. The number of nitrogens with one attached hydrogen (secondary N) is 1. The zero-order valence-electron chi connectivity index (χ0n) is 18.7. The minimum atomic E-state index is -0.362. The molecule has 32 heavy (non-hydrogen) atoms.